The van der Waals surface area contributed by atoms with E-state index in [-0.39, 0.29) is 47.1 Å². The van der Waals surface area contributed by atoms with Gasteiger partial charge in [0.25, 0.3) is 11.8 Å². The number of piperazine rings is 1. The number of pyridine rings is 1. The van der Waals surface area contributed by atoms with E-state index in [1.165, 1.54) is 45.2 Å². The number of aryl methyl sites for hydroxylation is 1. The number of ether oxygens (including phenoxy) is 1. The minimum Gasteiger partial charge on any atom is -0.508 e. The SMILES string of the molecule is CCc1cccc2cc(O)cc(-c3ncc4c(N5CC6CCC(C5)N6)nc(OCCN5CCC(CC6CCN(CC7CCN(c8cccc9c8CN(C8(C)CCC(=O)NC8=O)C9=O)CC7)CC6)CC5)nc4c3F)c12. The van der Waals surface area contributed by atoms with E-state index in [1.807, 2.05) is 30.3 Å². The highest BCUT2D eigenvalue weighted by molar-refractivity contribution is 6.08. The molecule has 0 spiro atoms. The Bertz CT molecular complexity index is 2960. The number of fused-ring (bicyclic) bond motifs is 5. The Hall–Kier alpha value is -5.97. The number of carbonyl (C=O) groups excluding carboxylic acids is 3. The number of nitrogens with zero attached hydrogens (tertiary/aromatic N) is 8. The number of phenolic OH excluding ortho intramolecular Hbond substituents is 1. The highest BCUT2D eigenvalue weighted by atomic mass is 19.1. The second-order valence-electron chi connectivity index (χ2n) is 22.8. The van der Waals surface area contributed by atoms with Crippen LogP contribution in [0.4, 0.5) is 15.9 Å². The van der Waals surface area contributed by atoms with Crippen molar-refractivity contribution in [3.8, 4) is 23.0 Å². The van der Waals surface area contributed by atoms with Crippen LogP contribution in [-0.2, 0) is 22.6 Å². The lowest BCUT2D eigenvalue weighted by molar-refractivity contribution is -0.142. The van der Waals surface area contributed by atoms with Crippen molar-refractivity contribution in [3.05, 3.63) is 77.2 Å². The molecule has 3 aromatic carbocycles. The second-order valence-corrected chi connectivity index (χ2v) is 22.8. The third-order valence-corrected chi connectivity index (χ3v) is 18.2. The monoisotopic (exact) mass is 1010 g/mol. The van der Waals surface area contributed by atoms with Crippen LogP contribution in [0.3, 0.4) is 0 Å². The highest BCUT2D eigenvalue weighted by Gasteiger charge is 2.49. The third-order valence-electron chi connectivity index (χ3n) is 18.2. The summed E-state index contributed by atoms with van der Waals surface area (Å²) in [5.41, 5.74) is 3.69. The zero-order chi connectivity index (χ0) is 50.7. The van der Waals surface area contributed by atoms with Gasteiger partial charge in [-0.3, -0.25) is 29.6 Å². The number of carbonyl (C=O) groups is 3. The summed E-state index contributed by atoms with van der Waals surface area (Å²) in [5, 5.41) is 19.2. The summed E-state index contributed by atoms with van der Waals surface area (Å²) in [5.74, 6) is 1.57. The Kier molecular flexibility index (Phi) is 13.4. The van der Waals surface area contributed by atoms with Gasteiger partial charge in [-0.25, -0.2) is 4.39 Å². The minimum absolute atomic E-state index is 0.0605. The summed E-state index contributed by atoms with van der Waals surface area (Å²) in [7, 11) is 0. The lowest BCUT2D eigenvalue weighted by atomic mass is 9.82. The minimum atomic E-state index is -1.03. The first-order chi connectivity index (χ1) is 36.0. The van der Waals surface area contributed by atoms with Crippen molar-refractivity contribution in [2.75, 3.05) is 81.9 Å². The number of anilines is 2. The average Bonchev–Trinajstić information content (AvgIpc) is 3.95. The van der Waals surface area contributed by atoms with Crippen molar-refractivity contribution in [2.24, 2.45) is 17.8 Å². The Labute approximate surface area is 433 Å². The van der Waals surface area contributed by atoms with Crippen LogP contribution in [0.25, 0.3) is 32.9 Å². The van der Waals surface area contributed by atoms with E-state index in [0.717, 1.165) is 124 Å². The van der Waals surface area contributed by atoms with Gasteiger partial charge in [0, 0.05) is 92.9 Å². The fourth-order valence-electron chi connectivity index (χ4n) is 13.8. The Morgan fingerprint density at radius 1 is 0.824 bits per heavy atom. The summed E-state index contributed by atoms with van der Waals surface area (Å²) < 4.78 is 23.5. The Balaban J connectivity index is 0.619. The van der Waals surface area contributed by atoms with Crippen LogP contribution in [0.15, 0.2) is 54.7 Å². The van der Waals surface area contributed by atoms with Gasteiger partial charge < -0.3 is 34.8 Å². The fourth-order valence-corrected chi connectivity index (χ4v) is 13.8. The standard InChI is InChI=1S/C58H71FN10O5/c1-3-39-6-4-7-40-29-43(70)30-45(50(39)40)52-51(59)53-46(31-60-52)54(68-33-41-10-11-42(34-68)61-41)64-57(63-53)74-27-26-65-20-13-36(14-21-65)28-37-15-22-66(23-16-37)32-38-17-24-67(25-18-38)48-9-5-8-44-47(48)35-69(55(44)72)58(2)19-12-49(71)62-56(58)73/h4-9,29-31,36-38,41-42,61,70H,3,10-28,32-35H2,1-2H3,(H,62,71,73). The molecule has 3 amide bonds. The molecule has 0 radical (unpaired) electrons. The summed E-state index contributed by atoms with van der Waals surface area (Å²) in [6.07, 6.45) is 13.7. The number of phenols is 1. The summed E-state index contributed by atoms with van der Waals surface area (Å²) in [6.45, 7) is 14.5. The fraction of sp³-hybridized carbons (Fsp3) is 0.552. The van der Waals surface area contributed by atoms with Gasteiger partial charge in [0.05, 0.1) is 5.39 Å². The average molecular weight is 1010 g/mol. The quantitative estimate of drug-likeness (QED) is 0.100. The second kappa shape index (κ2) is 20.3. The van der Waals surface area contributed by atoms with Crippen LogP contribution in [-0.4, -0.2) is 142 Å². The first-order valence-electron chi connectivity index (χ1n) is 27.7. The van der Waals surface area contributed by atoms with Crippen molar-refractivity contribution >= 4 is 50.9 Å². The maximum Gasteiger partial charge on any atom is 0.319 e. The molecule has 6 fully saturated rings. The number of hydrogen-bond acceptors (Lipinski definition) is 13. The van der Waals surface area contributed by atoms with E-state index in [9.17, 15) is 19.5 Å². The van der Waals surface area contributed by atoms with Gasteiger partial charge in [0.1, 0.15) is 34.9 Å². The number of hydrogen-bond donors (Lipinski definition) is 3. The molecular weight excluding hydrogens is 936 g/mol. The van der Waals surface area contributed by atoms with E-state index in [0.29, 0.717) is 59.9 Å². The topological polar surface area (TPSA) is 160 Å². The molecule has 0 saturated carbocycles. The van der Waals surface area contributed by atoms with Crippen molar-refractivity contribution in [2.45, 2.75) is 115 Å². The molecule has 5 aromatic rings. The highest BCUT2D eigenvalue weighted by Crippen LogP contribution is 2.42. The van der Waals surface area contributed by atoms with Crippen molar-refractivity contribution in [3.63, 3.8) is 0 Å². The molecule has 6 saturated heterocycles. The van der Waals surface area contributed by atoms with Gasteiger partial charge in [0.15, 0.2) is 5.82 Å². The first-order valence-corrected chi connectivity index (χ1v) is 27.7. The maximum absolute atomic E-state index is 17.1. The maximum atomic E-state index is 17.1. The molecule has 16 heteroatoms. The van der Waals surface area contributed by atoms with Crippen LogP contribution in [0.1, 0.15) is 106 Å². The summed E-state index contributed by atoms with van der Waals surface area (Å²) in [4.78, 5) is 64.5. The molecule has 12 rings (SSSR count). The number of imide groups is 1. The van der Waals surface area contributed by atoms with Crippen molar-refractivity contribution in [1.29, 1.82) is 0 Å². The number of aromatic nitrogens is 3. The normalized spacial score (nSPS) is 24.6. The van der Waals surface area contributed by atoms with Gasteiger partial charge in [-0.15, -0.1) is 0 Å². The molecule has 7 aliphatic heterocycles. The van der Waals surface area contributed by atoms with Gasteiger partial charge in [0.2, 0.25) is 5.91 Å². The molecule has 15 nitrogen and oxygen atoms in total. The predicted molar refractivity (Wildman–Crippen MR) is 284 cm³/mol. The van der Waals surface area contributed by atoms with Crippen molar-refractivity contribution < 1.29 is 28.6 Å². The Morgan fingerprint density at radius 2 is 1.54 bits per heavy atom. The van der Waals surface area contributed by atoms with E-state index >= 15 is 4.39 Å². The zero-order valence-corrected chi connectivity index (χ0v) is 43.1. The van der Waals surface area contributed by atoms with Crippen LogP contribution in [0.2, 0.25) is 0 Å². The smallest absolute Gasteiger partial charge is 0.319 e. The van der Waals surface area contributed by atoms with Crippen LogP contribution >= 0.6 is 0 Å². The predicted octanol–water partition coefficient (Wildman–Crippen LogP) is 7.45. The number of piperidine rings is 4. The molecule has 9 heterocycles. The molecule has 3 unspecified atom stereocenters. The number of aromatic hydroxyl groups is 1. The number of likely N-dealkylation sites (tertiary alicyclic amines) is 2. The lowest BCUT2D eigenvalue weighted by Crippen LogP contribution is -2.61. The van der Waals surface area contributed by atoms with Crippen molar-refractivity contribution in [1.82, 2.24) is 40.3 Å². The van der Waals surface area contributed by atoms with Gasteiger partial charge in [-0.1, -0.05) is 31.2 Å². The Morgan fingerprint density at radius 3 is 2.27 bits per heavy atom. The third kappa shape index (κ3) is 9.44. The summed E-state index contributed by atoms with van der Waals surface area (Å²) in [6, 6.07) is 16.1. The van der Waals surface area contributed by atoms with Gasteiger partial charge in [-0.2, -0.15) is 9.97 Å². The molecule has 0 aliphatic carbocycles. The molecule has 7 aliphatic rings. The first kappa shape index (κ1) is 48.9. The molecule has 3 N–H and O–H groups in total. The van der Waals surface area contributed by atoms with Gasteiger partial charge in [-0.05, 0) is 162 Å². The number of benzene rings is 3. The zero-order valence-electron chi connectivity index (χ0n) is 43.1. The molecular formula is C58H71FN10O5. The van der Waals surface area contributed by atoms with E-state index in [4.69, 9.17) is 19.7 Å². The van der Waals surface area contributed by atoms with Gasteiger partial charge >= 0.3 is 6.01 Å². The number of amides is 3. The summed E-state index contributed by atoms with van der Waals surface area (Å²) >= 11 is 0. The molecule has 390 valence electrons. The van der Waals surface area contributed by atoms with Crippen LogP contribution in [0.5, 0.6) is 11.8 Å². The van der Waals surface area contributed by atoms with Crippen LogP contribution in [0, 0.1) is 23.6 Å². The molecule has 2 aromatic heterocycles. The molecule has 74 heavy (non-hydrogen) atoms. The number of rotatable bonds is 13. The largest absolute Gasteiger partial charge is 0.508 e. The lowest BCUT2D eigenvalue weighted by Gasteiger charge is -2.40. The molecule has 3 atom stereocenters. The molecule has 2 bridgehead atoms. The van der Waals surface area contributed by atoms with Crippen LogP contribution < -0.4 is 25.2 Å². The van der Waals surface area contributed by atoms with E-state index in [2.05, 4.69) is 43.2 Å². The number of halogens is 1. The number of nitrogens with one attached hydrogen (secondary N) is 2. The van der Waals surface area contributed by atoms with E-state index < -0.39 is 11.4 Å². The van der Waals surface area contributed by atoms with E-state index in [1.54, 1.807) is 30.2 Å².